The Hall–Kier alpha value is -5.40. The summed E-state index contributed by atoms with van der Waals surface area (Å²) in [5, 5.41) is 13.1. The molecule has 224 valence electrons. The molecule has 1 N–H and O–H groups in total. The van der Waals surface area contributed by atoms with E-state index < -0.39 is 29.5 Å². The first kappa shape index (κ1) is 31.5. The number of carboxylic acids is 1. The minimum absolute atomic E-state index is 0.0395. The topological polar surface area (TPSA) is 117 Å². The Bertz CT molecular complexity index is 1620. The van der Waals surface area contributed by atoms with Crippen LogP contribution in [0.25, 0.3) is 0 Å². The summed E-state index contributed by atoms with van der Waals surface area (Å²) in [6.07, 6.45) is 5.69. The van der Waals surface area contributed by atoms with Crippen molar-refractivity contribution in [2.45, 2.75) is 25.0 Å². The summed E-state index contributed by atoms with van der Waals surface area (Å²) in [6.45, 7) is 1.43. The van der Waals surface area contributed by atoms with Crippen molar-refractivity contribution in [3.05, 3.63) is 119 Å². The molecular weight excluding hydrogens is 591 g/mol. The number of rotatable bonds is 9. The van der Waals surface area contributed by atoms with Gasteiger partial charge in [0.25, 0.3) is 5.88 Å². The second kappa shape index (κ2) is 14.7. The predicted molar refractivity (Wildman–Crippen MR) is 160 cm³/mol. The fraction of sp³-hybridized carbons (Fsp3) is 0.152. The van der Waals surface area contributed by atoms with Crippen molar-refractivity contribution >= 4 is 29.3 Å². The first-order valence-corrected chi connectivity index (χ1v) is 13.5. The number of pyridine rings is 1. The number of halogens is 2. The van der Waals surface area contributed by atoms with E-state index in [9.17, 15) is 14.0 Å². The molecule has 0 spiro atoms. The van der Waals surface area contributed by atoms with Gasteiger partial charge in [0.05, 0.1) is 11.4 Å². The molecule has 0 saturated heterocycles. The number of carboxylic acid groups (broad SMARTS) is 1. The minimum Gasteiger partial charge on any atom is -0.479 e. The van der Waals surface area contributed by atoms with Crippen molar-refractivity contribution < 1.29 is 38.1 Å². The maximum Gasteiger partial charge on any atom is 0.353 e. The van der Waals surface area contributed by atoms with E-state index in [2.05, 4.69) is 16.1 Å². The number of aromatic nitrogens is 1. The highest BCUT2D eigenvalue weighted by Gasteiger charge is 2.44. The number of nitrogens with zero attached hydrogens (tertiary/aromatic N) is 2. The maximum atomic E-state index is 13.6. The first-order chi connectivity index (χ1) is 21.2. The molecule has 0 saturated carbocycles. The summed E-state index contributed by atoms with van der Waals surface area (Å²) in [4.78, 5) is 32.0. The standard InChI is InChI=1S/C17H13ClFNO4.C16H13NO3/c1-3-8-22-17(21)11(2)23-13-4-6-14(7-5-13)24-16-15(19)9-12(18)10-20-16;18-15(19)14-11-16(20-17-14,12-7-3-1-4-8-12)13-9-5-2-6-10-13/h1,4-7,9-11H,8H2,2H3;1-10H,11H2,(H,18,19)/t11-;/m1./s1. The Labute approximate surface area is 257 Å². The molecule has 11 heteroatoms. The Balaban J connectivity index is 0.000000204. The Morgan fingerprint density at radius 2 is 1.64 bits per heavy atom. The van der Waals surface area contributed by atoms with Gasteiger partial charge < -0.3 is 24.2 Å². The molecule has 9 nitrogen and oxygen atoms in total. The van der Waals surface area contributed by atoms with Crippen LogP contribution in [0.5, 0.6) is 17.4 Å². The molecule has 0 unspecified atom stereocenters. The molecule has 2 heterocycles. The number of benzene rings is 3. The summed E-state index contributed by atoms with van der Waals surface area (Å²) in [7, 11) is 0. The zero-order valence-corrected chi connectivity index (χ0v) is 24.1. The molecule has 1 aliphatic heterocycles. The number of oxime groups is 1. The normalized spacial score (nSPS) is 13.5. The van der Waals surface area contributed by atoms with Gasteiger partial charge in [-0.3, -0.25) is 0 Å². The quantitative estimate of drug-likeness (QED) is 0.170. The fourth-order valence-electron chi connectivity index (χ4n) is 4.10. The summed E-state index contributed by atoms with van der Waals surface area (Å²) in [5.41, 5.74) is 0.978. The summed E-state index contributed by atoms with van der Waals surface area (Å²) in [6, 6.07) is 26.5. The highest BCUT2D eigenvalue weighted by atomic mass is 35.5. The summed E-state index contributed by atoms with van der Waals surface area (Å²) >= 11 is 5.62. The first-order valence-electron chi connectivity index (χ1n) is 13.2. The molecule has 3 aromatic carbocycles. The van der Waals surface area contributed by atoms with Crippen LogP contribution in [0.1, 0.15) is 24.5 Å². The zero-order chi connectivity index (χ0) is 31.5. The van der Waals surface area contributed by atoms with E-state index in [-0.39, 0.29) is 29.6 Å². The third-order valence-electron chi connectivity index (χ3n) is 6.21. The number of carbonyl (C=O) groups excluding carboxylic acids is 1. The number of terminal acetylenes is 1. The van der Waals surface area contributed by atoms with E-state index in [4.69, 9.17) is 42.2 Å². The van der Waals surface area contributed by atoms with Gasteiger partial charge >= 0.3 is 11.9 Å². The molecule has 1 aromatic heterocycles. The smallest absolute Gasteiger partial charge is 0.353 e. The van der Waals surface area contributed by atoms with Gasteiger partial charge in [0.2, 0.25) is 0 Å². The van der Waals surface area contributed by atoms with E-state index in [1.54, 1.807) is 24.3 Å². The Morgan fingerprint density at radius 1 is 1.05 bits per heavy atom. The van der Waals surface area contributed by atoms with Crippen molar-refractivity contribution in [2.24, 2.45) is 5.16 Å². The lowest BCUT2D eigenvalue weighted by molar-refractivity contribution is -0.149. The number of esters is 1. The SMILES string of the molecule is C#CCOC(=O)[C@@H](C)Oc1ccc(Oc2ncc(Cl)cc2F)cc1.O=C(O)C1=NOC(c2ccccc2)(c2ccccc2)C1. The Morgan fingerprint density at radius 3 is 2.16 bits per heavy atom. The van der Waals surface area contributed by atoms with Gasteiger partial charge in [-0.05, 0) is 37.3 Å². The average Bonchev–Trinajstić information content (AvgIpc) is 3.51. The lowest BCUT2D eigenvalue weighted by Gasteiger charge is -2.27. The Kier molecular flexibility index (Phi) is 10.5. The molecule has 4 aromatic rings. The monoisotopic (exact) mass is 616 g/mol. The van der Waals surface area contributed by atoms with Crippen molar-refractivity contribution in [2.75, 3.05) is 6.61 Å². The lowest BCUT2D eigenvalue weighted by Crippen LogP contribution is -2.29. The second-order valence-electron chi connectivity index (χ2n) is 9.26. The third-order valence-corrected chi connectivity index (χ3v) is 6.42. The van der Waals surface area contributed by atoms with Crippen LogP contribution in [0.4, 0.5) is 4.39 Å². The number of hydrogen-bond acceptors (Lipinski definition) is 8. The van der Waals surface area contributed by atoms with Gasteiger partial charge in [0.15, 0.2) is 29.8 Å². The predicted octanol–water partition coefficient (Wildman–Crippen LogP) is 6.40. The molecule has 0 amide bonds. The highest BCUT2D eigenvalue weighted by Crippen LogP contribution is 2.41. The van der Waals surface area contributed by atoms with Gasteiger partial charge in [0, 0.05) is 17.3 Å². The van der Waals surface area contributed by atoms with Crippen LogP contribution in [-0.2, 0) is 24.8 Å². The average molecular weight is 617 g/mol. The van der Waals surface area contributed by atoms with Crippen LogP contribution < -0.4 is 9.47 Å². The lowest BCUT2D eigenvalue weighted by atomic mass is 9.82. The zero-order valence-electron chi connectivity index (χ0n) is 23.4. The molecule has 44 heavy (non-hydrogen) atoms. The fourth-order valence-corrected chi connectivity index (χ4v) is 4.24. The van der Waals surface area contributed by atoms with Crippen LogP contribution >= 0.6 is 11.6 Å². The van der Waals surface area contributed by atoms with Crippen LogP contribution in [-0.4, -0.2) is 40.5 Å². The van der Waals surface area contributed by atoms with Crippen molar-refractivity contribution in [3.63, 3.8) is 0 Å². The summed E-state index contributed by atoms with van der Waals surface area (Å²) in [5.74, 6) is 0.476. The summed E-state index contributed by atoms with van der Waals surface area (Å²) < 4.78 is 29.1. The van der Waals surface area contributed by atoms with E-state index >= 15 is 0 Å². The van der Waals surface area contributed by atoms with Crippen LogP contribution in [0.15, 0.2) is 102 Å². The number of carbonyl (C=O) groups is 2. The van der Waals surface area contributed by atoms with Crippen LogP contribution in [0.3, 0.4) is 0 Å². The van der Waals surface area contributed by atoms with Crippen LogP contribution in [0.2, 0.25) is 5.02 Å². The van der Waals surface area contributed by atoms with Crippen molar-refractivity contribution in [1.29, 1.82) is 0 Å². The molecule has 0 radical (unpaired) electrons. The largest absolute Gasteiger partial charge is 0.479 e. The molecule has 5 rings (SSSR count). The maximum absolute atomic E-state index is 13.6. The van der Waals surface area contributed by atoms with Gasteiger partial charge in [0.1, 0.15) is 11.5 Å². The molecular formula is C33H26ClFN2O7. The third kappa shape index (κ3) is 7.91. The second-order valence-corrected chi connectivity index (χ2v) is 9.69. The minimum atomic E-state index is -1.04. The van der Waals surface area contributed by atoms with E-state index in [1.807, 2.05) is 60.7 Å². The molecule has 1 atom stereocenters. The number of ether oxygens (including phenoxy) is 3. The van der Waals surface area contributed by atoms with Gasteiger partial charge in [-0.2, -0.15) is 0 Å². The van der Waals surface area contributed by atoms with Gasteiger partial charge in [-0.15, -0.1) is 6.42 Å². The van der Waals surface area contributed by atoms with Crippen LogP contribution in [0, 0.1) is 18.2 Å². The van der Waals surface area contributed by atoms with Crippen molar-refractivity contribution in [1.82, 2.24) is 4.98 Å². The van der Waals surface area contributed by atoms with E-state index in [0.717, 1.165) is 17.2 Å². The molecule has 0 bridgehead atoms. The van der Waals surface area contributed by atoms with E-state index in [0.29, 0.717) is 11.5 Å². The van der Waals surface area contributed by atoms with Gasteiger partial charge in [-0.1, -0.05) is 83.3 Å². The van der Waals surface area contributed by atoms with Gasteiger partial charge in [-0.25, -0.2) is 19.0 Å². The van der Waals surface area contributed by atoms with E-state index in [1.165, 1.54) is 13.1 Å². The number of aliphatic carboxylic acids is 1. The highest BCUT2D eigenvalue weighted by molar-refractivity contribution is 6.36. The molecule has 0 fully saturated rings. The molecule has 0 aliphatic carbocycles. The number of hydrogen-bond donors (Lipinski definition) is 1. The van der Waals surface area contributed by atoms with Crippen molar-refractivity contribution in [3.8, 4) is 29.7 Å². The molecule has 1 aliphatic rings.